The Labute approximate surface area is 365 Å². The molecule has 294 valence electrons. The molecule has 0 fully saturated rings. The molecule has 4 aromatic heterocycles. The highest BCUT2D eigenvalue weighted by molar-refractivity contribution is 7.25. The predicted molar refractivity (Wildman–Crippen MR) is 262 cm³/mol. The SMILES string of the molecule is c1ccc(-c2ccc(-c3nc(-c4ccccc4)nc(-c4cc(-c5ccccc5)cc5oc6cc(-n7c8ccccc8c8cc9c(cc87)sc7ccccc79)ccc6c45)n3)cc2)cc1. The molecule has 5 nitrogen and oxygen atoms in total. The third-order valence-corrected chi connectivity index (χ3v) is 13.4. The van der Waals surface area contributed by atoms with Gasteiger partial charge in [-0.1, -0.05) is 152 Å². The van der Waals surface area contributed by atoms with E-state index in [1.165, 1.54) is 36.5 Å². The Morgan fingerprint density at radius 3 is 1.68 bits per heavy atom. The number of benzene rings is 9. The molecule has 13 rings (SSSR count). The highest BCUT2D eigenvalue weighted by Gasteiger charge is 2.22. The van der Waals surface area contributed by atoms with Crippen molar-refractivity contribution in [3.63, 3.8) is 0 Å². The number of thiophene rings is 1. The average molecular weight is 823 g/mol. The Morgan fingerprint density at radius 2 is 0.937 bits per heavy atom. The van der Waals surface area contributed by atoms with E-state index in [9.17, 15) is 0 Å². The number of fused-ring (bicyclic) bond motifs is 9. The van der Waals surface area contributed by atoms with E-state index < -0.39 is 0 Å². The van der Waals surface area contributed by atoms with Crippen LogP contribution in [0, 0.1) is 0 Å². The van der Waals surface area contributed by atoms with Gasteiger partial charge in [0.05, 0.1) is 11.0 Å². The zero-order valence-corrected chi connectivity index (χ0v) is 34.6. The Bertz CT molecular complexity index is 3890. The van der Waals surface area contributed by atoms with Gasteiger partial charge in [0, 0.05) is 70.2 Å². The molecular weight excluding hydrogens is 789 g/mol. The zero-order valence-electron chi connectivity index (χ0n) is 33.7. The molecule has 0 N–H and O–H groups in total. The minimum Gasteiger partial charge on any atom is -0.456 e. The van der Waals surface area contributed by atoms with Gasteiger partial charge in [-0.15, -0.1) is 11.3 Å². The number of aromatic nitrogens is 4. The molecule has 0 aliphatic rings. The molecule has 0 unspecified atom stereocenters. The highest BCUT2D eigenvalue weighted by atomic mass is 32.1. The summed E-state index contributed by atoms with van der Waals surface area (Å²) in [6.07, 6.45) is 0. The summed E-state index contributed by atoms with van der Waals surface area (Å²) in [5, 5.41) is 7.00. The minimum absolute atomic E-state index is 0.579. The molecule has 0 saturated heterocycles. The standard InChI is InChI=1S/C57H34N4OS/c1-4-14-35(15-5-1)37-24-26-39(27-25-37)56-58-55(38-18-8-3-9-19-38)59-57(60-56)47-30-40(36-16-6-2-7-17-36)31-51-54(47)44-29-28-41(32-50(44)62-51)61-48-22-12-10-20-42(48)45-33-46-43-21-11-13-23-52(43)63-53(46)34-49(45)61/h1-34H. The second-order valence-corrected chi connectivity index (χ2v) is 17.1. The van der Waals surface area contributed by atoms with Crippen molar-refractivity contribution in [3.05, 3.63) is 206 Å². The molecule has 6 heteroatoms. The van der Waals surface area contributed by atoms with Gasteiger partial charge in [-0.2, -0.15) is 0 Å². The van der Waals surface area contributed by atoms with E-state index in [-0.39, 0.29) is 0 Å². The predicted octanol–water partition coefficient (Wildman–Crippen LogP) is 15.6. The van der Waals surface area contributed by atoms with Crippen LogP contribution in [0.25, 0.3) is 126 Å². The van der Waals surface area contributed by atoms with Crippen molar-refractivity contribution in [2.24, 2.45) is 0 Å². The smallest absolute Gasteiger partial charge is 0.164 e. The van der Waals surface area contributed by atoms with Crippen LogP contribution in [-0.2, 0) is 0 Å². The molecule has 0 amide bonds. The van der Waals surface area contributed by atoms with Crippen LogP contribution in [0.5, 0.6) is 0 Å². The maximum Gasteiger partial charge on any atom is 0.164 e. The molecule has 0 bridgehead atoms. The average Bonchev–Trinajstić information content (AvgIpc) is 4.02. The molecule has 4 heterocycles. The Hall–Kier alpha value is -8.19. The van der Waals surface area contributed by atoms with E-state index in [4.69, 9.17) is 19.4 Å². The molecule has 63 heavy (non-hydrogen) atoms. The lowest BCUT2D eigenvalue weighted by atomic mass is 9.98. The van der Waals surface area contributed by atoms with Crippen molar-refractivity contribution in [1.29, 1.82) is 0 Å². The molecular formula is C57H34N4OS. The summed E-state index contributed by atoms with van der Waals surface area (Å²) in [5.74, 6) is 1.79. The Balaban J connectivity index is 1.03. The van der Waals surface area contributed by atoms with Crippen molar-refractivity contribution in [2.75, 3.05) is 0 Å². The molecule has 0 spiro atoms. The molecule has 9 aromatic carbocycles. The minimum atomic E-state index is 0.579. The van der Waals surface area contributed by atoms with Gasteiger partial charge < -0.3 is 8.98 Å². The fourth-order valence-corrected chi connectivity index (χ4v) is 10.4. The Morgan fingerprint density at radius 1 is 0.349 bits per heavy atom. The van der Waals surface area contributed by atoms with Crippen LogP contribution >= 0.6 is 11.3 Å². The highest BCUT2D eigenvalue weighted by Crippen LogP contribution is 2.43. The van der Waals surface area contributed by atoms with E-state index in [2.05, 4.69) is 168 Å². The monoisotopic (exact) mass is 822 g/mol. The normalized spacial score (nSPS) is 11.8. The van der Waals surface area contributed by atoms with Gasteiger partial charge in [0.25, 0.3) is 0 Å². The van der Waals surface area contributed by atoms with Crippen LogP contribution in [0.2, 0.25) is 0 Å². The number of furan rings is 1. The number of hydrogen-bond acceptors (Lipinski definition) is 5. The van der Waals surface area contributed by atoms with E-state index in [0.29, 0.717) is 17.5 Å². The fourth-order valence-electron chi connectivity index (χ4n) is 9.26. The summed E-state index contributed by atoms with van der Waals surface area (Å²) >= 11 is 1.85. The largest absolute Gasteiger partial charge is 0.456 e. The van der Waals surface area contributed by atoms with Crippen molar-refractivity contribution in [3.8, 4) is 62.1 Å². The first-order valence-electron chi connectivity index (χ1n) is 21.1. The summed E-state index contributed by atoms with van der Waals surface area (Å²) in [7, 11) is 0. The van der Waals surface area contributed by atoms with E-state index in [1.54, 1.807) is 0 Å². The van der Waals surface area contributed by atoms with Gasteiger partial charge in [-0.05, 0) is 70.8 Å². The summed E-state index contributed by atoms with van der Waals surface area (Å²) in [5.41, 5.74) is 12.0. The van der Waals surface area contributed by atoms with Gasteiger partial charge in [0.2, 0.25) is 0 Å². The van der Waals surface area contributed by atoms with Crippen LogP contribution in [0.4, 0.5) is 0 Å². The molecule has 0 saturated carbocycles. The molecule has 13 aromatic rings. The summed E-state index contributed by atoms with van der Waals surface area (Å²) < 4.78 is 11.9. The molecule has 0 radical (unpaired) electrons. The molecule has 0 atom stereocenters. The quantitative estimate of drug-likeness (QED) is 0.168. The lowest BCUT2D eigenvalue weighted by Gasteiger charge is -2.11. The van der Waals surface area contributed by atoms with Crippen LogP contribution in [0.15, 0.2) is 211 Å². The topological polar surface area (TPSA) is 56.7 Å². The zero-order chi connectivity index (χ0) is 41.4. The van der Waals surface area contributed by atoms with E-state index in [1.807, 2.05) is 53.8 Å². The van der Waals surface area contributed by atoms with Crippen LogP contribution in [-0.4, -0.2) is 19.5 Å². The molecule has 0 aliphatic heterocycles. The number of hydrogen-bond donors (Lipinski definition) is 0. The van der Waals surface area contributed by atoms with Crippen LogP contribution in [0.3, 0.4) is 0 Å². The van der Waals surface area contributed by atoms with Gasteiger partial charge in [0.1, 0.15) is 11.2 Å². The van der Waals surface area contributed by atoms with Crippen molar-refractivity contribution >= 4 is 75.3 Å². The van der Waals surface area contributed by atoms with E-state index >= 15 is 0 Å². The maximum atomic E-state index is 6.95. The second-order valence-electron chi connectivity index (χ2n) is 16.0. The van der Waals surface area contributed by atoms with Gasteiger partial charge >= 0.3 is 0 Å². The van der Waals surface area contributed by atoms with Crippen molar-refractivity contribution in [2.45, 2.75) is 0 Å². The third kappa shape index (κ3) is 5.87. The van der Waals surface area contributed by atoms with Gasteiger partial charge in [0.15, 0.2) is 17.5 Å². The van der Waals surface area contributed by atoms with Crippen LogP contribution < -0.4 is 0 Å². The van der Waals surface area contributed by atoms with Crippen molar-refractivity contribution < 1.29 is 4.42 Å². The summed E-state index contributed by atoms with van der Waals surface area (Å²) in [6.45, 7) is 0. The lowest BCUT2D eigenvalue weighted by molar-refractivity contribution is 0.669. The first kappa shape index (κ1) is 35.6. The first-order valence-corrected chi connectivity index (χ1v) is 21.9. The molecule has 0 aliphatic carbocycles. The maximum absolute atomic E-state index is 6.95. The summed E-state index contributed by atoms with van der Waals surface area (Å²) in [4.78, 5) is 15.6. The van der Waals surface area contributed by atoms with Gasteiger partial charge in [-0.25, -0.2) is 15.0 Å². The Kier molecular flexibility index (Phi) is 8.01. The van der Waals surface area contributed by atoms with Gasteiger partial charge in [-0.3, -0.25) is 0 Å². The third-order valence-electron chi connectivity index (χ3n) is 12.3. The number of para-hydroxylation sites is 1. The van der Waals surface area contributed by atoms with Crippen LogP contribution in [0.1, 0.15) is 0 Å². The number of nitrogens with zero attached hydrogens (tertiary/aromatic N) is 4. The first-order chi connectivity index (χ1) is 31.2. The van der Waals surface area contributed by atoms with Crippen molar-refractivity contribution in [1.82, 2.24) is 19.5 Å². The fraction of sp³-hybridized carbons (Fsp3) is 0. The van der Waals surface area contributed by atoms with E-state index in [0.717, 1.165) is 72.1 Å². The summed E-state index contributed by atoms with van der Waals surface area (Å²) in [6, 6.07) is 72.5. The second kappa shape index (κ2) is 14.2. The lowest BCUT2D eigenvalue weighted by Crippen LogP contribution is -2.00. The number of rotatable bonds is 6.